The van der Waals surface area contributed by atoms with Gasteiger partial charge < -0.3 is 16.2 Å². The Kier molecular flexibility index (Phi) is 3.78. The highest BCUT2D eigenvalue weighted by atomic mass is 35.5. The number of carbonyl (C=O) groups excluding carboxylic acids is 1. The van der Waals surface area contributed by atoms with Crippen molar-refractivity contribution in [1.29, 1.82) is 0 Å². The zero-order chi connectivity index (χ0) is 12.3. The fourth-order valence-electron chi connectivity index (χ4n) is 1.16. The van der Waals surface area contributed by atoms with Gasteiger partial charge in [0.15, 0.2) is 0 Å². The van der Waals surface area contributed by atoms with Crippen LogP contribution in [0.5, 0.6) is 0 Å². The maximum Gasteiger partial charge on any atom is 0.251 e. The highest BCUT2D eigenvalue weighted by Gasteiger charge is 2.20. The molecule has 0 unspecified atom stereocenters. The van der Waals surface area contributed by atoms with E-state index in [-0.39, 0.29) is 12.5 Å². The Morgan fingerprint density at radius 1 is 1.50 bits per heavy atom. The highest BCUT2D eigenvalue weighted by molar-refractivity contribution is 6.31. The normalized spacial score (nSPS) is 11.2. The Morgan fingerprint density at radius 3 is 2.62 bits per heavy atom. The SMILES string of the molecule is CC(C)(CO)NC(=O)c1cc(N)cc(Cl)c1. The number of anilines is 1. The van der Waals surface area contributed by atoms with Crippen LogP contribution in [0.3, 0.4) is 0 Å². The summed E-state index contributed by atoms with van der Waals surface area (Å²) in [7, 11) is 0. The number of amides is 1. The smallest absolute Gasteiger partial charge is 0.251 e. The lowest BCUT2D eigenvalue weighted by Crippen LogP contribution is -2.46. The van der Waals surface area contributed by atoms with E-state index in [4.69, 9.17) is 22.4 Å². The van der Waals surface area contributed by atoms with Crippen molar-refractivity contribution in [2.24, 2.45) is 0 Å². The van der Waals surface area contributed by atoms with Gasteiger partial charge in [-0.05, 0) is 32.0 Å². The van der Waals surface area contributed by atoms with E-state index in [9.17, 15) is 4.79 Å². The van der Waals surface area contributed by atoms with Crippen LogP contribution >= 0.6 is 11.6 Å². The molecule has 0 heterocycles. The predicted molar refractivity (Wildman–Crippen MR) is 64.5 cm³/mol. The maximum atomic E-state index is 11.8. The third-order valence-electron chi connectivity index (χ3n) is 2.03. The first kappa shape index (κ1) is 12.8. The molecule has 0 aliphatic rings. The predicted octanol–water partition coefficient (Wildman–Crippen LogP) is 1.42. The van der Waals surface area contributed by atoms with Crippen molar-refractivity contribution in [2.75, 3.05) is 12.3 Å². The lowest BCUT2D eigenvalue weighted by Gasteiger charge is -2.23. The molecule has 4 nitrogen and oxygen atoms in total. The molecule has 0 fully saturated rings. The van der Waals surface area contributed by atoms with Gasteiger partial charge in [0.2, 0.25) is 0 Å². The number of aliphatic hydroxyl groups is 1. The van der Waals surface area contributed by atoms with Crippen LogP contribution in [-0.4, -0.2) is 23.2 Å². The van der Waals surface area contributed by atoms with Crippen LogP contribution in [0.4, 0.5) is 5.69 Å². The zero-order valence-corrected chi connectivity index (χ0v) is 10.0. The number of nitrogens with two attached hydrogens (primary N) is 1. The standard InChI is InChI=1S/C11H15ClN2O2/c1-11(2,6-15)14-10(16)7-3-8(12)5-9(13)4-7/h3-5,15H,6,13H2,1-2H3,(H,14,16). The third-order valence-corrected chi connectivity index (χ3v) is 2.25. The van der Waals surface area contributed by atoms with Crippen molar-refractivity contribution in [3.8, 4) is 0 Å². The second kappa shape index (κ2) is 4.72. The lowest BCUT2D eigenvalue weighted by molar-refractivity contribution is 0.0869. The van der Waals surface area contributed by atoms with Crippen LogP contribution in [0.25, 0.3) is 0 Å². The maximum absolute atomic E-state index is 11.8. The monoisotopic (exact) mass is 242 g/mol. The van der Waals surface area contributed by atoms with Gasteiger partial charge in [0, 0.05) is 16.3 Å². The number of halogens is 1. The third kappa shape index (κ3) is 3.40. The fourth-order valence-corrected chi connectivity index (χ4v) is 1.41. The minimum absolute atomic E-state index is 0.144. The summed E-state index contributed by atoms with van der Waals surface area (Å²) in [5, 5.41) is 12.1. The van der Waals surface area contributed by atoms with Crippen LogP contribution < -0.4 is 11.1 Å². The second-order valence-electron chi connectivity index (χ2n) is 4.27. The van der Waals surface area contributed by atoms with Gasteiger partial charge in [0.1, 0.15) is 0 Å². The first-order chi connectivity index (χ1) is 7.34. The van der Waals surface area contributed by atoms with E-state index in [1.54, 1.807) is 19.9 Å². The van der Waals surface area contributed by atoms with Crippen molar-refractivity contribution >= 4 is 23.2 Å². The Labute approximate surface area is 99.4 Å². The summed E-state index contributed by atoms with van der Waals surface area (Å²) in [5.41, 5.74) is 5.72. The summed E-state index contributed by atoms with van der Waals surface area (Å²) >= 11 is 5.79. The van der Waals surface area contributed by atoms with E-state index in [2.05, 4.69) is 5.32 Å². The number of rotatable bonds is 3. The van der Waals surface area contributed by atoms with Crippen molar-refractivity contribution in [3.63, 3.8) is 0 Å². The zero-order valence-electron chi connectivity index (χ0n) is 9.25. The molecule has 4 N–H and O–H groups in total. The van der Waals surface area contributed by atoms with Gasteiger partial charge in [-0.25, -0.2) is 0 Å². The van der Waals surface area contributed by atoms with Gasteiger partial charge in [0.25, 0.3) is 5.91 Å². The Bertz CT molecular complexity index is 385. The molecule has 0 saturated carbocycles. The molecule has 16 heavy (non-hydrogen) atoms. The van der Waals surface area contributed by atoms with E-state index < -0.39 is 5.54 Å². The van der Waals surface area contributed by atoms with Gasteiger partial charge in [0.05, 0.1) is 12.1 Å². The van der Waals surface area contributed by atoms with Gasteiger partial charge in [-0.3, -0.25) is 4.79 Å². The lowest BCUT2D eigenvalue weighted by atomic mass is 10.1. The molecule has 1 aromatic carbocycles. The molecule has 0 aromatic heterocycles. The van der Waals surface area contributed by atoms with E-state index in [1.165, 1.54) is 12.1 Å². The Balaban J connectivity index is 2.89. The van der Waals surface area contributed by atoms with Crippen molar-refractivity contribution in [3.05, 3.63) is 28.8 Å². The fraction of sp³-hybridized carbons (Fsp3) is 0.364. The number of hydrogen-bond acceptors (Lipinski definition) is 3. The molecule has 0 saturated heterocycles. The van der Waals surface area contributed by atoms with Crippen LogP contribution in [-0.2, 0) is 0 Å². The van der Waals surface area contributed by atoms with Crippen molar-refractivity contribution < 1.29 is 9.90 Å². The molecule has 1 rings (SSSR count). The van der Waals surface area contributed by atoms with E-state index in [1.807, 2.05) is 0 Å². The number of nitrogen functional groups attached to an aromatic ring is 1. The van der Waals surface area contributed by atoms with Crippen molar-refractivity contribution in [2.45, 2.75) is 19.4 Å². The Hall–Kier alpha value is -1.26. The summed E-state index contributed by atoms with van der Waals surface area (Å²) < 4.78 is 0. The molecule has 5 heteroatoms. The number of aliphatic hydroxyl groups excluding tert-OH is 1. The highest BCUT2D eigenvalue weighted by Crippen LogP contribution is 2.17. The minimum Gasteiger partial charge on any atom is -0.399 e. The molecule has 0 spiro atoms. The molecule has 0 atom stereocenters. The molecule has 1 aromatic rings. The quantitative estimate of drug-likeness (QED) is 0.702. The molecule has 0 radical (unpaired) electrons. The Morgan fingerprint density at radius 2 is 2.12 bits per heavy atom. The van der Waals surface area contributed by atoms with Gasteiger partial charge in [-0.2, -0.15) is 0 Å². The summed E-state index contributed by atoms with van der Waals surface area (Å²) in [6, 6.07) is 4.63. The van der Waals surface area contributed by atoms with Gasteiger partial charge in [-0.1, -0.05) is 11.6 Å². The van der Waals surface area contributed by atoms with Crippen molar-refractivity contribution in [1.82, 2.24) is 5.32 Å². The van der Waals surface area contributed by atoms with E-state index in [0.717, 1.165) is 0 Å². The van der Waals surface area contributed by atoms with Gasteiger partial charge in [-0.15, -0.1) is 0 Å². The largest absolute Gasteiger partial charge is 0.399 e. The van der Waals surface area contributed by atoms with E-state index >= 15 is 0 Å². The molecular weight excluding hydrogens is 228 g/mol. The summed E-state index contributed by atoms with van der Waals surface area (Å²) in [5.74, 6) is -0.312. The summed E-state index contributed by atoms with van der Waals surface area (Å²) in [6.07, 6.45) is 0. The number of nitrogens with one attached hydrogen (secondary N) is 1. The van der Waals surface area contributed by atoms with Crippen LogP contribution in [0.1, 0.15) is 24.2 Å². The summed E-state index contributed by atoms with van der Waals surface area (Å²) in [6.45, 7) is 3.30. The minimum atomic E-state index is -0.672. The number of benzene rings is 1. The summed E-state index contributed by atoms with van der Waals surface area (Å²) in [4.78, 5) is 11.8. The first-order valence-corrected chi connectivity index (χ1v) is 5.21. The molecule has 0 aliphatic heterocycles. The average Bonchev–Trinajstić information content (AvgIpc) is 2.15. The van der Waals surface area contributed by atoms with E-state index in [0.29, 0.717) is 16.3 Å². The molecule has 1 amide bonds. The topological polar surface area (TPSA) is 75.3 Å². The molecule has 88 valence electrons. The first-order valence-electron chi connectivity index (χ1n) is 4.83. The molecule has 0 bridgehead atoms. The molecular formula is C11H15ClN2O2. The van der Waals surface area contributed by atoms with Crippen LogP contribution in [0.15, 0.2) is 18.2 Å². The molecule has 0 aliphatic carbocycles. The number of carbonyl (C=O) groups is 1. The van der Waals surface area contributed by atoms with Crippen LogP contribution in [0.2, 0.25) is 5.02 Å². The van der Waals surface area contributed by atoms with Gasteiger partial charge >= 0.3 is 0 Å². The second-order valence-corrected chi connectivity index (χ2v) is 4.71. The average molecular weight is 243 g/mol. The number of hydrogen-bond donors (Lipinski definition) is 3. The van der Waals surface area contributed by atoms with Crippen LogP contribution in [0, 0.1) is 0 Å².